The second-order valence-corrected chi connectivity index (χ2v) is 21.2. The van der Waals surface area contributed by atoms with E-state index in [-0.39, 0.29) is 34.4 Å². The number of aliphatic hydroxyl groups is 3. The molecule has 11 rings (SSSR count). The molecule has 2 bridgehead atoms. The van der Waals surface area contributed by atoms with Crippen LogP contribution in [0.3, 0.4) is 0 Å². The molecule has 7 aliphatic carbocycles. The van der Waals surface area contributed by atoms with Gasteiger partial charge in [0.15, 0.2) is 0 Å². The van der Waals surface area contributed by atoms with Gasteiger partial charge in [0.05, 0.1) is 17.8 Å². The summed E-state index contributed by atoms with van der Waals surface area (Å²) in [5, 5.41) is 37.1. The first-order chi connectivity index (χ1) is 25.6. The molecular weight excluding hydrogens is 651 g/mol. The van der Waals surface area contributed by atoms with Crippen molar-refractivity contribution in [1.82, 2.24) is 4.90 Å². The van der Waals surface area contributed by atoms with Crippen LogP contribution in [0.2, 0.25) is 0 Å². The van der Waals surface area contributed by atoms with E-state index in [0.29, 0.717) is 53.4 Å². The molecule has 2 heterocycles. The van der Waals surface area contributed by atoms with Crippen LogP contribution in [-0.4, -0.2) is 57.2 Å². The summed E-state index contributed by atoms with van der Waals surface area (Å²) in [7, 11) is 0. The van der Waals surface area contributed by atoms with Crippen LogP contribution in [0.1, 0.15) is 126 Å². The smallest absolute Gasteiger partial charge is 0.0805 e. The lowest BCUT2D eigenvalue weighted by molar-refractivity contribution is -0.231. The van der Waals surface area contributed by atoms with Crippen molar-refractivity contribution in [2.24, 2.45) is 69.5 Å². The molecule has 6 saturated carbocycles. The normalized spacial score (nSPS) is 52.5. The fourth-order valence-electron chi connectivity index (χ4n) is 17.6. The van der Waals surface area contributed by atoms with Crippen molar-refractivity contribution in [3.05, 3.63) is 77.4 Å². The van der Waals surface area contributed by atoms with Gasteiger partial charge in [0.2, 0.25) is 0 Å². The second-order valence-electron chi connectivity index (χ2n) is 21.2. The molecule has 0 amide bonds. The third-order valence-electron chi connectivity index (χ3n) is 19.3. The van der Waals surface area contributed by atoms with E-state index in [1.165, 1.54) is 74.6 Å². The van der Waals surface area contributed by atoms with Gasteiger partial charge in [-0.05, 0) is 177 Å². The van der Waals surface area contributed by atoms with Gasteiger partial charge in [-0.2, -0.15) is 0 Å². The van der Waals surface area contributed by atoms with E-state index >= 15 is 0 Å². The van der Waals surface area contributed by atoms with Crippen LogP contribution in [-0.2, 0) is 0 Å². The first-order valence-corrected chi connectivity index (χ1v) is 22.3. The number of piperidine rings is 2. The Labute approximate surface area is 318 Å². The number of allylic oxidation sites excluding steroid dienone is 1. The van der Waals surface area contributed by atoms with E-state index in [4.69, 9.17) is 0 Å². The van der Waals surface area contributed by atoms with E-state index in [2.05, 4.69) is 85.5 Å². The topological polar surface area (TPSA) is 63.9 Å². The summed E-state index contributed by atoms with van der Waals surface area (Å²) in [4.78, 5) is 2.74. The van der Waals surface area contributed by atoms with E-state index in [1.807, 2.05) is 0 Å². The maximum absolute atomic E-state index is 12.4. The first kappa shape index (κ1) is 34.3. The minimum Gasteiger partial charge on any atom is -0.393 e. The maximum Gasteiger partial charge on any atom is 0.0805 e. The lowest BCUT2D eigenvalue weighted by atomic mass is 9.38. The Hall–Kier alpha value is -1.98. The largest absolute Gasteiger partial charge is 0.393 e. The Morgan fingerprint density at radius 1 is 0.755 bits per heavy atom. The highest BCUT2D eigenvalue weighted by molar-refractivity contribution is 5.60. The Bertz CT molecular complexity index is 1750. The van der Waals surface area contributed by atoms with Gasteiger partial charge in [0, 0.05) is 25.0 Å². The van der Waals surface area contributed by atoms with Crippen LogP contribution < -0.4 is 0 Å². The molecule has 53 heavy (non-hydrogen) atoms. The van der Waals surface area contributed by atoms with Gasteiger partial charge in [-0.25, -0.2) is 0 Å². The summed E-state index contributed by atoms with van der Waals surface area (Å²) in [6.07, 6.45) is 20.7. The molecule has 3 N–H and O–H groups in total. The van der Waals surface area contributed by atoms with Crippen LogP contribution in [0.5, 0.6) is 0 Å². The van der Waals surface area contributed by atoms with Crippen molar-refractivity contribution >= 4 is 6.08 Å². The van der Waals surface area contributed by atoms with Gasteiger partial charge in [-0.15, -0.1) is 0 Å². The summed E-state index contributed by atoms with van der Waals surface area (Å²) in [5.41, 5.74) is 3.98. The minimum absolute atomic E-state index is 0.0463. The SMILES string of the molecule is C[C@@H]1CC[C@H]2N(C1)C[C@H]1[C@H]3C[C@H]4[C@@]56CCC[C@@]4(C[C@H](O)[C@H]5C[C@@H](O)[C@@]4(CC[C@@H]([C@@H]5C=Cc7ccccc7[C@@H]5c5ccccc5)C4)C6)[C@H]3CC[C@H]1[C@]2(C)O. The lowest BCUT2D eigenvalue weighted by Crippen LogP contribution is -2.67. The number of hydrogen-bond acceptors (Lipinski definition) is 4. The fourth-order valence-corrected chi connectivity index (χ4v) is 17.6. The minimum atomic E-state index is -0.599. The fraction of sp³-hybridized carbons (Fsp3) is 0.714. The number of rotatable bonds is 2. The van der Waals surface area contributed by atoms with E-state index in [1.54, 1.807) is 0 Å². The molecule has 0 radical (unpaired) electrons. The molecule has 0 unspecified atom stereocenters. The van der Waals surface area contributed by atoms with Gasteiger partial charge in [0.1, 0.15) is 0 Å². The van der Waals surface area contributed by atoms with Gasteiger partial charge >= 0.3 is 0 Å². The molecule has 2 aliphatic heterocycles. The predicted molar refractivity (Wildman–Crippen MR) is 211 cm³/mol. The lowest BCUT2D eigenvalue weighted by Gasteiger charge is -2.68. The van der Waals surface area contributed by atoms with E-state index in [9.17, 15) is 15.3 Å². The zero-order valence-electron chi connectivity index (χ0n) is 32.5. The number of fused-ring (bicyclic) bond motifs is 5. The van der Waals surface area contributed by atoms with Gasteiger partial charge < -0.3 is 15.3 Å². The molecule has 0 aromatic heterocycles. The molecule has 8 fully saturated rings. The Morgan fingerprint density at radius 3 is 2.42 bits per heavy atom. The van der Waals surface area contributed by atoms with Crippen LogP contribution in [0, 0.1) is 69.5 Å². The molecular formula is C49H65NO3. The number of benzene rings is 2. The van der Waals surface area contributed by atoms with Gasteiger partial charge in [-0.1, -0.05) is 80.1 Å². The Morgan fingerprint density at radius 2 is 1.55 bits per heavy atom. The van der Waals surface area contributed by atoms with Crippen molar-refractivity contribution in [2.75, 3.05) is 13.1 Å². The van der Waals surface area contributed by atoms with Crippen LogP contribution in [0.25, 0.3) is 6.08 Å². The molecule has 284 valence electrons. The third kappa shape index (κ3) is 4.74. The first-order valence-electron chi connectivity index (χ1n) is 22.3. The highest BCUT2D eigenvalue weighted by Gasteiger charge is 2.74. The average Bonchev–Trinajstić information content (AvgIpc) is 3.73. The molecule has 2 spiro atoms. The van der Waals surface area contributed by atoms with Crippen LogP contribution in [0.4, 0.5) is 0 Å². The van der Waals surface area contributed by atoms with Crippen molar-refractivity contribution in [3.63, 3.8) is 0 Å². The van der Waals surface area contributed by atoms with Crippen molar-refractivity contribution in [3.8, 4) is 0 Å². The predicted octanol–water partition coefficient (Wildman–Crippen LogP) is 9.08. The van der Waals surface area contributed by atoms with Crippen LogP contribution in [0.15, 0.2) is 60.7 Å². The zero-order chi connectivity index (χ0) is 35.9. The zero-order valence-corrected chi connectivity index (χ0v) is 32.5. The van der Waals surface area contributed by atoms with Crippen molar-refractivity contribution < 1.29 is 15.3 Å². The average molecular weight is 716 g/mol. The van der Waals surface area contributed by atoms with Gasteiger partial charge in [-0.3, -0.25) is 4.90 Å². The number of hydrogen-bond donors (Lipinski definition) is 3. The van der Waals surface area contributed by atoms with Crippen molar-refractivity contribution in [2.45, 2.75) is 134 Å². The van der Waals surface area contributed by atoms with Crippen LogP contribution >= 0.6 is 0 Å². The maximum atomic E-state index is 12.4. The Balaban J connectivity index is 0.923. The standard InChI is InChI=1S/C49H65NO3/c1-30-13-18-43-46(2,53)38-16-17-39-36(37(38)28-50(43)27-30)23-42-48(39)20-8-21-49(42)29-47(44(52)24-40(49)41(51)26-48)22-19-33(25-47)35-15-14-31-9-6-7-12-34(31)45(35)32-10-4-3-5-11-32/h3-7,9-12,14-15,30,33,35-45,51-53H,8,13,16-29H2,1-2H3/t30-,33-,35+,36-,37+,38-,39+,40-,41+,42-,43-,44-,45+,46+,47-,48-,49-/m1/s1. The number of nitrogens with zero attached hydrogens (tertiary/aromatic N) is 1. The van der Waals surface area contributed by atoms with E-state index < -0.39 is 5.60 Å². The van der Waals surface area contributed by atoms with Crippen molar-refractivity contribution in [1.29, 1.82) is 0 Å². The van der Waals surface area contributed by atoms with E-state index in [0.717, 1.165) is 51.0 Å². The summed E-state index contributed by atoms with van der Waals surface area (Å²) in [5.74, 6) is 5.30. The Kier molecular flexibility index (Phi) is 7.77. The summed E-state index contributed by atoms with van der Waals surface area (Å²) >= 11 is 0. The second kappa shape index (κ2) is 12.0. The summed E-state index contributed by atoms with van der Waals surface area (Å²) < 4.78 is 0. The number of aliphatic hydroxyl groups excluding tert-OH is 2. The highest BCUT2D eigenvalue weighted by Crippen LogP contribution is 2.78. The molecule has 4 nitrogen and oxygen atoms in total. The molecule has 17 atom stereocenters. The molecule has 2 aromatic carbocycles. The summed E-state index contributed by atoms with van der Waals surface area (Å²) in [6.45, 7) is 6.97. The monoisotopic (exact) mass is 715 g/mol. The quantitative estimate of drug-likeness (QED) is 0.291. The molecule has 2 saturated heterocycles. The van der Waals surface area contributed by atoms with Gasteiger partial charge in [0.25, 0.3) is 0 Å². The molecule has 9 aliphatic rings. The summed E-state index contributed by atoms with van der Waals surface area (Å²) in [6, 6.07) is 20.6. The molecule has 2 aromatic rings. The highest BCUT2D eigenvalue weighted by atomic mass is 16.3. The third-order valence-corrected chi connectivity index (χ3v) is 19.3. The molecule has 4 heteroatoms.